The van der Waals surface area contributed by atoms with E-state index >= 15 is 0 Å². The van der Waals surface area contributed by atoms with Crippen molar-refractivity contribution < 1.29 is 4.79 Å². The monoisotopic (exact) mass is 460 g/mol. The number of guanidine groups is 1. The second-order valence-electron chi connectivity index (χ2n) is 5.96. The lowest BCUT2D eigenvalue weighted by molar-refractivity contribution is 0.0939. The van der Waals surface area contributed by atoms with Gasteiger partial charge >= 0.3 is 0 Å². The summed E-state index contributed by atoms with van der Waals surface area (Å²) in [5, 5.41) is 9.54. The summed E-state index contributed by atoms with van der Waals surface area (Å²) in [5.41, 5.74) is 1.78. The molecule has 0 radical (unpaired) electrons. The summed E-state index contributed by atoms with van der Waals surface area (Å²) in [5.74, 6) is 0.818. The Kier molecular flexibility index (Phi) is 13.2. The highest BCUT2D eigenvalue weighted by atomic mass is 127. The molecular weight excluding hydrogens is 427 g/mol. The first kappa shape index (κ1) is 23.7. The lowest BCUT2D eigenvalue weighted by Gasteiger charge is -2.12. The third-order valence-electron chi connectivity index (χ3n) is 3.79. The highest BCUT2D eigenvalue weighted by Gasteiger charge is 2.08. The summed E-state index contributed by atoms with van der Waals surface area (Å²) >= 11 is 0. The van der Waals surface area contributed by atoms with E-state index in [0.29, 0.717) is 12.1 Å². The molecule has 0 aliphatic heterocycles. The summed E-state index contributed by atoms with van der Waals surface area (Å²) in [7, 11) is 0. The van der Waals surface area contributed by atoms with E-state index in [0.717, 1.165) is 43.9 Å². The van der Waals surface area contributed by atoms with Crippen LogP contribution < -0.4 is 16.0 Å². The van der Waals surface area contributed by atoms with Crippen LogP contribution in [0.5, 0.6) is 0 Å². The van der Waals surface area contributed by atoms with E-state index in [4.69, 9.17) is 0 Å². The number of hydrogen-bond donors (Lipinski definition) is 3. The van der Waals surface area contributed by atoms with Crippen LogP contribution in [0, 0.1) is 0 Å². The van der Waals surface area contributed by atoms with E-state index < -0.39 is 0 Å². The fraction of sp³-hybridized carbons (Fsp3) is 0.579. The quantitative estimate of drug-likeness (QED) is 0.228. The van der Waals surface area contributed by atoms with Crippen LogP contribution in [-0.2, 0) is 6.54 Å². The first-order valence-electron chi connectivity index (χ1n) is 9.02. The van der Waals surface area contributed by atoms with Gasteiger partial charge in [0.15, 0.2) is 5.96 Å². The highest BCUT2D eigenvalue weighted by Crippen LogP contribution is 2.06. The molecule has 1 aromatic rings. The average Bonchev–Trinajstić information content (AvgIpc) is 2.60. The van der Waals surface area contributed by atoms with Gasteiger partial charge in [-0.3, -0.25) is 4.79 Å². The van der Waals surface area contributed by atoms with Crippen LogP contribution in [0.1, 0.15) is 62.9 Å². The number of carbonyl (C=O) groups is 1. The van der Waals surface area contributed by atoms with Crippen molar-refractivity contribution in [3.05, 3.63) is 35.4 Å². The average molecular weight is 460 g/mol. The molecule has 0 spiro atoms. The Balaban J connectivity index is 0.00000576. The molecule has 1 unspecified atom stereocenters. The van der Waals surface area contributed by atoms with Gasteiger partial charge in [0.05, 0.1) is 6.54 Å². The van der Waals surface area contributed by atoms with Gasteiger partial charge in [-0.25, -0.2) is 4.99 Å². The highest BCUT2D eigenvalue weighted by molar-refractivity contribution is 14.0. The zero-order chi connectivity index (χ0) is 17.8. The number of halogens is 1. The summed E-state index contributed by atoms with van der Waals surface area (Å²) in [6.07, 6.45) is 3.22. The molecule has 0 saturated heterocycles. The number of hydrogen-bond acceptors (Lipinski definition) is 2. The minimum absolute atomic E-state index is 0. The summed E-state index contributed by atoms with van der Waals surface area (Å²) in [6, 6.07) is 7.84. The first-order chi connectivity index (χ1) is 11.6. The van der Waals surface area contributed by atoms with Crippen LogP contribution in [0.3, 0.4) is 0 Å². The molecular formula is C19H33IN4O. The molecule has 0 bridgehead atoms. The van der Waals surface area contributed by atoms with Crippen molar-refractivity contribution in [1.82, 2.24) is 16.0 Å². The Morgan fingerprint density at radius 1 is 1.12 bits per heavy atom. The van der Waals surface area contributed by atoms with Crippen LogP contribution >= 0.6 is 24.0 Å². The maximum absolute atomic E-state index is 12.1. The van der Waals surface area contributed by atoms with E-state index in [1.165, 1.54) is 0 Å². The van der Waals surface area contributed by atoms with Gasteiger partial charge in [0.1, 0.15) is 0 Å². The Morgan fingerprint density at radius 3 is 2.36 bits per heavy atom. The van der Waals surface area contributed by atoms with Crippen molar-refractivity contribution in [2.45, 2.75) is 59.5 Å². The normalized spacial score (nSPS) is 12.1. The molecule has 142 valence electrons. The van der Waals surface area contributed by atoms with E-state index in [9.17, 15) is 4.79 Å². The smallest absolute Gasteiger partial charge is 0.251 e. The van der Waals surface area contributed by atoms with Crippen LogP contribution in [-0.4, -0.2) is 31.0 Å². The fourth-order valence-electron chi connectivity index (χ4n) is 2.07. The second kappa shape index (κ2) is 13.9. The zero-order valence-electron chi connectivity index (χ0n) is 15.9. The Bertz CT molecular complexity index is 517. The topological polar surface area (TPSA) is 65.5 Å². The second-order valence-corrected chi connectivity index (χ2v) is 5.96. The first-order valence-corrected chi connectivity index (χ1v) is 9.02. The molecule has 1 aromatic carbocycles. The summed E-state index contributed by atoms with van der Waals surface area (Å²) < 4.78 is 0. The number of rotatable bonds is 9. The predicted octanol–water partition coefficient (Wildman–Crippen LogP) is 3.69. The van der Waals surface area contributed by atoms with Gasteiger partial charge in [0, 0.05) is 24.7 Å². The number of unbranched alkanes of at least 4 members (excludes halogenated alkanes) is 1. The Morgan fingerprint density at radius 2 is 1.80 bits per heavy atom. The molecule has 0 fully saturated rings. The molecule has 5 nitrogen and oxygen atoms in total. The minimum Gasteiger partial charge on any atom is -0.357 e. The van der Waals surface area contributed by atoms with Gasteiger partial charge in [0.2, 0.25) is 0 Å². The van der Waals surface area contributed by atoms with Gasteiger partial charge in [-0.05, 0) is 44.4 Å². The number of benzene rings is 1. The number of nitrogens with one attached hydrogen (secondary N) is 3. The van der Waals surface area contributed by atoms with Gasteiger partial charge in [0.25, 0.3) is 5.91 Å². The zero-order valence-corrected chi connectivity index (χ0v) is 18.2. The summed E-state index contributed by atoms with van der Waals surface area (Å²) in [6.45, 7) is 10.7. The van der Waals surface area contributed by atoms with Crippen LogP contribution in [0.15, 0.2) is 29.3 Å². The molecule has 3 N–H and O–H groups in total. The Hall–Kier alpha value is -1.31. The maximum Gasteiger partial charge on any atom is 0.251 e. The molecule has 25 heavy (non-hydrogen) atoms. The number of amides is 1. The predicted molar refractivity (Wildman–Crippen MR) is 117 cm³/mol. The molecule has 0 heterocycles. The lowest BCUT2D eigenvalue weighted by atomic mass is 10.1. The molecule has 0 aliphatic carbocycles. The van der Waals surface area contributed by atoms with Crippen molar-refractivity contribution >= 4 is 35.8 Å². The molecule has 1 amide bonds. The number of carbonyl (C=O) groups excluding carboxylic acids is 1. The third kappa shape index (κ3) is 9.67. The molecule has 0 saturated carbocycles. The largest absolute Gasteiger partial charge is 0.357 e. The number of aliphatic imine (C=N–C) groups is 1. The Labute approximate surface area is 169 Å². The molecule has 6 heteroatoms. The lowest BCUT2D eigenvalue weighted by Crippen LogP contribution is -2.37. The van der Waals surface area contributed by atoms with Crippen molar-refractivity contribution in [2.24, 2.45) is 4.99 Å². The molecule has 1 atom stereocenters. The van der Waals surface area contributed by atoms with E-state index in [1.807, 2.05) is 31.2 Å². The van der Waals surface area contributed by atoms with E-state index in [2.05, 4.69) is 41.7 Å². The van der Waals surface area contributed by atoms with Crippen molar-refractivity contribution in [1.29, 1.82) is 0 Å². The van der Waals surface area contributed by atoms with Crippen LogP contribution in [0.4, 0.5) is 0 Å². The van der Waals surface area contributed by atoms with Crippen LogP contribution in [0.25, 0.3) is 0 Å². The van der Waals surface area contributed by atoms with Crippen molar-refractivity contribution in [3.8, 4) is 0 Å². The maximum atomic E-state index is 12.1. The van der Waals surface area contributed by atoms with Crippen molar-refractivity contribution in [2.75, 3.05) is 13.1 Å². The van der Waals surface area contributed by atoms with Crippen molar-refractivity contribution in [3.63, 3.8) is 0 Å². The van der Waals surface area contributed by atoms with E-state index in [-0.39, 0.29) is 35.9 Å². The van der Waals surface area contributed by atoms with Gasteiger partial charge < -0.3 is 16.0 Å². The van der Waals surface area contributed by atoms with Crippen LogP contribution in [0.2, 0.25) is 0 Å². The summed E-state index contributed by atoms with van der Waals surface area (Å²) in [4.78, 5) is 16.7. The molecule has 0 aliphatic rings. The van der Waals surface area contributed by atoms with E-state index in [1.54, 1.807) is 0 Å². The minimum atomic E-state index is -0.0195. The molecule has 1 rings (SSSR count). The number of nitrogens with zero attached hydrogens (tertiary/aromatic N) is 1. The fourth-order valence-corrected chi connectivity index (χ4v) is 2.07. The SMILES string of the molecule is CCCCNC(=NCc1ccc(C(=O)NC(C)CC)cc1)NCC.I. The van der Waals surface area contributed by atoms with Gasteiger partial charge in [-0.1, -0.05) is 32.4 Å². The standard InChI is InChI=1S/C19H32N4O.HI/c1-5-8-13-21-19(20-7-3)22-14-16-9-11-17(12-10-16)18(24)23-15(4)6-2;/h9-12,15H,5-8,13-14H2,1-4H3,(H,23,24)(H2,20,21,22);1H. The van der Waals surface area contributed by atoms with Gasteiger partial charge in [-0.15, -0.1) is 24.0 Å². The van der Waals surface area contributed by atoms with Gasteiger partial charge in [-0.2, -0.15) is 0 Å². The molecule has 0 aromatic heterocycles. The third-order valence-corrected chi connectivity index (χ3v) is 3.79.